The van der Waals surface area contributed by atoms with E-state index in [0.29, 0.717) is 5.92 Å². The predicted molar refractivity (Wildman–Crippen MR) is 59.8 cm³/mol. The summed E-state index contributed by atoms with van der Waals surface area (Å²) in [5, 5.41) is 9.95. The van der Waals surface area contributed by atoms with Crippen molar-refractivity contribution in [2.24, 2.45) is 11.8 Å². The van der Waals surface area contributed by atoms with Crippen molar-refractivity contribution in [3.63, 3.8) is 0 Å². The molecule has 1 nitrogen and oxygen atoms in total. The third-order valence-corrected chi connectivity index (χ3v) is 3.34. The fraction of sp³-hybridized carbons (Fsp3) is 0.846. The number of aliphatic hydroxyl groups is 1. The van der Waals surface area contributed by atoms with E-state index in [9.17, 15) is 5.11 Å². The number of hydrogen-bond acceptors (Lipinski definition) is 1. The summed E-state index contributed by atoms with van der Waals surface area (Å²) in [4.78, 5) is 0. The summed E-state index contributed by atoms with van der Waals surface area (Å²) in [7, 11) is 0. The molecule has 0 radical (unpaired) electrons. The Labute approximate surface area is 87.9 Å². The summed E-state index contributed by atoms with van der Waals surface area (Å²) in [5.74, 6) is 3.96. The van der Waals surface area contributed by atoms with Crippen molar-refractivity contribution >= 4 is 0 Å². The molecule has 0 bridgehead atoms. The highest BCUT2D eigenvalue weighted by Crippen LogP contribution is 2.32. The summed E-state index contributed by atoms with van der Waals surface area (Å²) < 4.78 is 0. The number of hydrogen-bond donors (Lipinski definition) is 1. The standard InChI is InChI=1S/C13H22O/c1-3-4-5-9-13(14)12-8-6-7-11(2)10-12/h1,11-14H,4-10H2,2H3. The van der Waals surface area contributed by atoms with Crippen molar-refractivity contribution in [3.8, 4) is 12.3 Å². The van der Waals surface area contributed by atoms with E-state index in [1.807, 2.05) is 0 Å². The van der Waals surface area contributed by atoms with E-state index >= 15 is 0 Å². The average Bonchev–Trinajstić information content (AvgIpc) is 2.18. The smallest absolute Gasteiger partial charge is 0.0568 e. The van der Waals surface area contributed by atoms with Gasteiger partial charge in [-0.2, -0.15) is 0 Å². The van der Waals surface area contributed by atoms with Crippen LogP contribution in [0.1, 0.15) is 51.9 Å². The molecule has 0 spiro atoms. The minimum atomic E-state index is -0.105. The molecule has 3 atom stereocenters. The van der Waals surface area contributed by atoms with Gasteiger partial charge in [-0.15, -0.1) is 12.3 Å². The van der Waals surface area contributed by atoms with Crippen molar-refractivity contribution in [2.45, 2.75) is 58.0 Å². The van der Waals surface area contributed by atoms with Gasteiger partial charge in [0.15, 0.2) is 0 Å². The van der Waals surface area contributed by atoms with E-state index in [-0.39, 0.29) is 6.10 Å². The second-order valence-electron chi connectivity index (χ2n) is 4.70. The monoisotopic (exact) mass is 194 g/mol. The van der Waals surface area contributed by atoms with Gasteiger partial charge in [-0.25, -0.2) is 0 Å². The molecule has 0 heterocycles. The predicted octanol–water partition coefficient (Wildman–Crippen LogP) is 2.98. The van der Waals surface area contributed by atoms with Gasteiger partial charge in [0.2, 0.25) is 0 Å². The molecule has 80 valence electrons. The Morgan fingerprint density at radius 1 is 1.50 bits per heavy atom. The van der Waals surface area contributed by atoms with E-state index in [2.05, 4.69) is 12.8 Å². The summed E-state index contributed by atoms with van der Waals surface area (Å²) in [6.45, 7) is 2.29. The molecule has 0 saturated heterocycles. The van der Waals surface area contributed by atoms with Gasteiger partial charge < -0.3 is 5.11 Å². The topological polar surface area (TPSA) is 20.2 Å². The molecular formula is C13H22O. The fourth-order valence-electron chi connectivity index (χ4n) is 2.48. The zero-order chi connectivity index (χ0) is 10.4. The molecule has 1 rings (SSSR count). The van der Waals surface area contributed by atoms with Crippen molar-refractivity contribution < 1.29 is 5.11 Å². The van der Waals surface area contributed by atoms with Crippen molar-refractivity contribution in [1.29, 1.82) is 0 Å². The molecular weight excluding hydrogens is 172 g/mol. The SMILES string of the molecule is C#CCCCC(O)C1CCCC(C)C1. The van der Waals surface area contributed by atoms with Crippen LogP contribution in [0.4, 0.5) is 0 Å². The highest BCUT2D eigenvalue weighted by molar-refractivity contribution is 4.84. The van der Waals surface area contributed by atoms with Gasteiger partial charge in [0.05, 0.1) is 6.10 Å². The largest absolute Gasteiger partial charge is 0.393 e. The Bertz CT molecular complexity index is 192. The molecule has 0 aromatic rings. The highest BCUT2D eigenvalue weighted by Gasteiger charge is 2.24. The van der Waals surface area contributed by atoms with E-state index in [1.165, 1.54) is 25.7 Å². The van der Waals surface area contributed by atoms with Crippen molar-refractivity contribution in [2.75, 3.05) is 0 Å². The first-order valence-electron chi connectivity index (χ1n) is 5.85. The van der Waals surface area contributed by atoms with Gasteiger partial charge >= 0.3 is 0 Å². The van der Waals surface area contributed by atoms with Crippen LogP contribution < -0.4 is 0 Å². The van der Waals surface area contributed by atoms with Crippen LogP contribution in [-0.4, -0.2) is 11.2 Å². The molecule has 1 N–H and O–H groups in total. The van der Waals surface area contributed by atoms with Gasteiger partial charge in [0, 0.05) is 6.42 Å². The third kappa shape index (κ3) is 3.72. The molecule has 0 amide bonds. The zero-order valence-corrected chi connectivity index (χ0v) is 9.21. The number of rotatable bonds is 4. The molecule has 0 aromatic carbocycles. The molecule has 1 saturated carbocycles. The van der Waals surface area contributed by atoms with E-state index < -0.39 is 0 Å². The molecule has 3 unspecified atom stereocenters. The first-order valence-corrected chi connectivity index (χ1v) is 5.85. The van der Waals surface area contributed by atoms with Crippen LogP contribution in [-0.2, 0) is 0 Å². The lowest BCUT2D eigenvalue weighted by Crippen LogP contribution is -2.25. The van der Waals surface area contributed by atoms with Crippen molar-refractivity contribution in [1.82, 2.24) is 0 Å². The van der Waals surface area contributed by atoms with Crippen LogP contribution in [0.2, 0.25) is 0 Å². The molecule has 0 aliphatic heterocycles. The Morgan fingerprint density at radius 2 is 2.29 bits per heavy atom. The Morgan fingerprint density at radius 3 is 2.93 bits per heavy atom. The normalized spacial score (nSPS) is 29.5. The maximum Gasteiger partial charge on any atom is 0.0568 e. The van der Waals surface area contributed by atoms with Crippen LogP contribution >= 0.6 is 0 Å². The summed E-state index contributed by atoms with van der Waals surface area (Å²) in [6, 6.07) is 0. The maximum atomic E-state index is 9.95. The van der Waals surface area contributed by atoms with E-state index in [1.54, 1.807) is 0 Å². The molecule has 1 aliphatic rings. The maximum absolute atomic E-state index is 9.95. The van der Waals surface area contributed by atoms with Gasteiger partial charge in [0.1, 0.15) is 0 Å². The molecule has 1 fully saturated rings. The first-order chi connectivity index (χ1) is 6.74. The summed E-state index contributed by atoms with van der Waals surface area (Å²) in [5.41, 5.74) is 0. The second kappa shape index (κ2) is 6.09. The minimum Gasteiger partial charge on any atom is -0.393 e. The minimum absolute atomic E-state index is 0.105. The van der Waals surface area contributed by atoms with Crippen molar-refractivity contribution in [3.05, 3.63) is 0 Å². The molecule has 1 aliphatic carbocycles. The van der Waals surface area contributed by atoms with E-state index in [4.69, 9.17) is 6.42 Å². The average molecular weight is 194 g/mol. The fourth-order valence-corrected chi connectivity index (χ4v) is 2.48. The molecule has 14 heavy (non-hydrogen) atoms. The lowest BCUT2D eigenvalue weighted by molar-refractivity contribution is 0.0636. The lowest BCUT2D eigenvalue weighted by Gasteiger charge is -2.30. The quantitative estimate of drug-likeness (QED) is 0.539. The van der Waals surface area contributed by atoms with Crippen LogP contribution in [0, 0.1) is 24.2 Å². The van der Waals surface area contributed by atoms with Gasteiger partial charge in [-0.1, -0.05) is 19.8 Å². The zero-order valence-electron chi connectivity index (χ0n) is 9.21. The van der Waals surface area contributed by atoms with E-state index in [0.717, 1.165) is 25.2 Å². The van der Waals surface area contributed by atoms with Crippen LogP contribution in [0.15, 0.2) is 0 Å². The summed E-state index contributed by atoms with van der Waals surface area (Å²) in [6.07, 6.45) is 12.8. The van der Waals surface area contributed by atoms with Gasteiger partial charge in [-0.05, 0) is 37.5 Å². The second-order valence-corrected chi connectivity index (χ2v) is 4.70. The van der Waals surface area contributed by atoms with Crippen LogP contribution in [0.5, 0.6) is 0 Å². The number of unbranched alkanes of at least 4 members (excludes halogenated alkanes) is 1. The Hall–Kier alpha value is -0.480. The highest BCUT2D eigenvalue weighted by atomic mass is 16.3. The molecule has 0 aromatic heterocycles. The first kappa shape index (κ1) is 11.6. The third-order valence-electron chi connectivity index (χ3n) is 3.34. The van der Waals surface area contributed by atoms with Crippen LogP contribution in [0.25, 0.3) is 0 Å². The van der Waals surface area contributed by atoms with Gasteiger partial charge in [0.25, 0.3) is 0 Å². The number of terminal acetylenes is 1. The molecule has 1 heteroatoms. The summed E-state index contributed by atoms with van der Waals surface area (Å²) >= 11 is 0. The van der Waals surface area contributed by atoms with Crippen LogP contribution in [0.3, 0.4) is 0 Å². The lowest BCUT2D eigenvalue weighted by atomic mass is 9.78. The van der Waals surface area contributed by atoms with Gasteiger partial charge in [-0.3, -0.25) is 0 Å². The Kier molecular flexibility index (Phi) is 5.04. The Balaban J connectivity index is 2.22. The number of aliphatic hydroxyl groups excluding tert-OH is 1.